The summed E-state index contributed by atoms with van der Waals surface area (Å²) >= 11 is 0. The van der Waals surface area contributed by atoms with Crippen LogP contribution in [0.25, 0.3) is 0 Å². The predicted octanol–water partition coefficient (Wildman–Crippen LogP) is 6.38. The number of allylic oxidation sites excluding steroid dienone is 5. The Balaban J connectivity index is 2.53. The van der Waals surface area contributed by atoms with Crippen LogP contribution < -0.4 is 0 Å². The number of ether oxygens (including phenoxy) is 5. The molecule has 0 unspecified atom stereocenters. The molecule has 0 amide bonds. The molecule has 1 saturated heterocycles. The number of rotatable bonds is 8. The molecule has 0 aliphatic carbocycles. The Labute approximate surface area is 266 Å². The van der Waals surface area contributed by atoms with Crippen LogP contribution >= 0.6 is 0 Å². The minimum Gasteiger partial charge on any atom is -0.490 e. The largest absolute Gasteiger partial charge is 0.490 e. The Morgan fingerprint density at radius 1 is 1.02 bits per heavy atom. The van der Waals surface area contributed by atoms with Crippen molar-refractivity contribution >= 4 is 5.97 Å². The molecular formula is C36H60O8. The van der Waals surface area contributed by atoms with Gasteiger partial charge in [0.05, 0.1) is 25.4 Å². The summed E-state index contributed by atoms with van der Waals surface area (Å²) in [5.41, 5.74) is 1.87. The smallest absolute Gasteiger partial charge is 0.373 e. The number of aliphatic hydroxyl groups excluding tert-OH is 2. The van der Waals surface area contributed by atoms with Crippen LogP contribution in [0.2, 0.25) is 0 Å². The van der Waals surface area contributed by atoms with Gasteiger partial charge in [-0.25, -0.2) is 4.79 Å². The minimum absolute atomic E-state index is 0.00366. The fourth-order valence-electron chi connectivity index (χ4n) is 6.86. The van der Waals surface area contributed by atoms with Crippen LogP contribution in [-0.4, -0.2) is 73.8 Å². The zero-order chi connectivity index (χ0) is 33.4. The number of cyclic esters (lactones) is 1. The highest BCUT2D eigenvalue weighted by molar-refractivity contribution is 5.87. The third kappa shape index (κ3) is 9.52. The zero-order valence-electron chi connectivity index (χ0n) is 29.2. The number of hydrogen-bond donors (Lipinski definition) is 2. The third-order valence-corrected chi connectivity index (χ3v) is 9.70. The molecule has 0 bridgehead atoms. The summed E-state index contributed by atoms with van der Waals surface area (Å²) in [6, 6.07) is 0. The molecular weight excluding hydrogens is 560 g/mol. The maximum atomic E-state index is 13.6. The van der Waals surface area contributed by atoms with Gasteiger partial charge in [0.1, 0.15) is 12.2 Å². The topological polar surface area (TPSA) is 104 Å². The molecule has 2 rings (SSSR count). The Kier molecular flexibility index (Phi) is 14.8. The fourth-order valence-corrected chi connectivity index (χ4v) is 6.86. The van der Waals surface area contributed by atoms with E-state index < -0.39 is 48.0 Å². The lowest BCUT2D eigenvalue weighted by Crippen LogP contribution is -2.56. The van der Waals surface area contributed by atoms with Crippen LogP contribution in [0.5, 0.6) is 0 Å². The molecule has 0 spiro atoms. The van der Waals surface area contributed by atoms with Gasteiger partial charge in [-0.15, -0.1) is 0 Å². The molecule has 0 aromatic carbocycles. The molecule has 0 saturated carbocycles. The van der Waals surface area contributed by atoms with Gasteiger partial charge in [0.25, 0.3) is 0 Å². The average molecular weight is 621 g/mol. The van der Waals surface area contributed by atoms with E-state index in [1.807, 2.05) is 65.8 Å². The van der Waals surface area contributed by atoms with E-state index in [1.54, 1.807) is 20.3 Å². The number of aliphatic hydroxyl groups is 2. The first kappa shape index (κ1) is 38.2. The Morgan fingerprint density at radius 3 is 2.25 bits per heavy atom. The number of esters is 1. The average Bonchev–Trinajstić information content (AvgIpc) is 2.99. The molecule has 0 aromatic rings. The number of carbonyl (C=O) groups excluding carboxylic acids is 1. The summed E-state index contributed by atoms with van der Waals surface area (Å²) in [6.45, 7) is 18.2. The highest BCUT2D eigenvalue weighted by Crippen LogP contribution is 2.43. The van der Waals surface area contributed by atoms with Crippen LogP contribution in [0.4, 0.5) is 0 Å². The van der Waals surface area contributed by atoms with E-state index in [9.17, 15) is 15.0 Å². The van der Waals surface area contributed by atoms with Crippen LogP contribution in [0.15, 0.2) is 47.3 Å². The van der Waals surface area contributed by atoms with Crippen LogP contribution in [0.1, 0.15) is 81.6 Å². The Hall–Kier alpha value is -1.97. The SMILES string of the molecule is CO/C1=C/C(C)=C\[C@@H](C)[C@@H](O)[C@@H](C)C/C(C)=C\C=C/[C@H](OC)[C@@H]([C@@H](C)[C@@H](O)[C@H](C)[C@@]2(OC)CC[C@H](C)[C@@H](C(C)C)O2)OC1=O. The van der Waals surface area contributed by atoms with Crippen molar-refractivity contribution < 1.29 is 38.7 Å². The number of hydrogen-bond acceptors (Lipinski definition) is 8. The van der Waals surface area contributed by atoms with E-state index in [0.29, 0.717) is 18.3 Å². The maximum absolute atomic E-state index is 13.6. The highest BCUT2D eigenvalue weighted by Gasteiger charge is 2.50. The van der Waals surface area contributed by atoms with Crippen molar-refractivity contribution in [1.82, 2.24) is 0 Å². The molecule has 0 radical (unpaired) electrons. The summed E-state index contributed by atoms with van der Waals surface area (Å²) in [7, 11) is 4.61. The van der Waals surface area contributed by atoms with Crippen molar-refractivity contribution in [1.29, 1.82) is 0 Å². The summed E-state index contributed by atoms with van der Waals surface area (Å²) in [5.74, 6) is -2.07. The molecule has 11 atom stereocenters. The molecule has 2 aliphatic rings. The quantitative estimate of drug-likeness (QED) is 0.302. The van der Waals surface area contributed by atoms with E-state index in [0.717, 1.165) is 24.0 Å². The van der Waals surface area contributed by atoms with Crippen molar-refractivity contribution in [3.8, 4) is 0 Å². The van der Waals surface area contributed by atoms with Gasteiger partial charge in [-0.3, -0.25) is 0 Å². The molecule has 252 valence electrons. The second-order valence-corrected chi connectivity index (χ2v) is 13.6. The van der Waals surface area contributed by atoms with Gasteiger partial charge in [-0.05, 0) is 50.5 Å². The lowest BCUT2D eigenvalue weighted by Gasteiger charge is -2.49. The fraction of sp³-hybridized carbons (Fsp3) is 0.750. The van der Waals surface area contributed by atoms with Gasteiger partial charge >= 0.3 is 5.97 Å². The summed E-state index contributed by atoms with van der Waals surface area (Å²) in [4.78, 5) is 13.6. The second-order valence-electron chi connectivity index (χ2n) is 13.6. The molecule has 1 fully saturated rings. The highest BCUT2D eigenvalue weighted by atomic mass is 16.7. The normalized spacial score (nSPS) is 39.5. The van der Waals surface area contributed by atoms with Crippen molar-refractivity contribution in [2.75, 3.05) is 21.3 Å². The first-order valence-corrected chi connectivity index (χ1v) is 16.2. The molecule has 0 aromatic heterocycles. The van der Waals surface area contributed by atoms with Crippen molar-refractivity contribution in [2.24, 2.45) is 35.5 Å². The first-order valence-electron chi connectivity index (χ1n) is 16.2. The molecule has 2 aliphatic heterocycles. The minimum atomic E-state index is -0.979. The van der Waals surface area contributed by atoms with Crippen LogP contribution in [0.3, 0.4) is 0 Å². The van der Waals surface area contributed by atoms with Crippen molar-refractivity contribution in [2.45, 2.75) is 118 Å². The standard InChI is InChI=1S/C36H60O8/c1-21(2)33-24(5)16-17-36(42-12,44-33)28(9)32(38)27(8)34-29(40-10)15-13-14-22(3)18-25(6)31(37)26(7)19-23(4)20-30(41-11)35(39)43-34/h13-15,19-21,24-29,31-34,37-38H,16-18H2,1-12H3/b15-13-,22-14-,23-19-,30-20+/t24-,25-,26+,27-,28-,29-,31-,32+,33+,34+,36+/m0/s1. The van der Waals surface area contributed by atoms with Gasteiger partial charge in [0, 0.05) is 38.4 Å². The van der Waals surface area contributed by atoms with E-state index >= 15 is 0 Å². The first-order chi connectivity index (χ1) is 20.6. The van der Waals surface area contributed by atoms with E-state index in [1.165, 1.54) is 7.11 Å². The summed E-state index contributed by atoms with van der Waals surface area (Å²) in [6.07, 6.45) is 8.50. The van der Waals surface area contributed by atoms with Gasteiger partial charge < -0.3 is 33.9 Å². The van der Waals surface area contributed by atoms with E-state index in [-0.39, 0.29) is 23.7 Å². The van der Waals surface area contributed by atoms with Crippen LogP contribution in [-0.2, 0) is 28.5 Å². The third-order valence-electron chi connectivity index (χ3n) is 9.70. The molecule has 8 heteroatoms. The lowest BCUT2D eigenvalue weighted by atomic mass is 9.77. The molecule has 2 heterocycles. The Morgan fingerprint density at radius 2 is 1.68 bits per heavy atom. The second kappa shape index (κ2) is 17.1. The lowest BCUT2D eigenvalue weighted by molar-refractivity contribution is -0.323. The number of methoxy groups -OCH3 is 3. The van der Waals surface area contributed by atoms with Gasteiger partial charge in [-0.1, -0.05) is 83.9 Å². The Bertz CT molecular complexity index is 1040. The molecule has 2 N–H and O–H groups in total. The van der Waals surface area contributed by atoms with Gasteiger partial charge in [0.15, 0.2) is 5.79 Å². The van der Waals surface area contributed by atoms with Gasteiger partial charge in [0.2, 0.25) is 5.76 Å². The molecule has 8 nitrogen and oxygen atoms in total. The zero-order valence-corrected chi connectivity index (χ0v) is 29.2. The maximum Gasteiger partial charge on any atom is 0.373 e. The summed E-state index contributed by atoms with van der Waals surface area (Å²) in [5, 5.41) is 22.8. The van der Waals surface area contributed by atoms with Gasteiger partial charge in [-0.2, -0.15) is 0 Å². The monoisotopic (exact) mass is 620 g/mol. The summed E-state index contributed by atoms with van der Waals surface area (Å²) < 4.78 is 30.1. The van der Waals surface area contributed by atoms with E-state index in [2.05, 4.69) is 20.8 Å². The van der Waals surface area contributed by atoms with Crippen LogP contribution in [0, 0.1) is 35.5 Å². The predicted molar refractivity (Wildman–Crippen MR) is 174 cm³/mol. The number of carbonyl (C=O) groups is 1. The molecule has 44 heavy (non-hydrogen) atoms. The van der Waals surface area contributed by atoms with Crippen molar-refractivity contribution in [3.05, 3.63) is 47.3 Å². The van der Waals surface area contributed by atoms with E-state index in [4.69, 9.17) is 23.7 Å². The van der Waals surface area contributed by atoms with Crippen molar-refractivity contribution in [3.63, 3.8) is 0 Å².